The zero-order valence-corrected chi connectivity index (χ0v) is 16.5. The lowest BCUT2D eigenvalue weighted by molar-refractivity contribution is 0.0793. The molecule has 1 aliphatic rings. The summed E-state index contributed by atoms with van der Waals surface area (Å²) in [5.41, 5.74) is 1.11. The van der Waals surface area contributed by atoms with Crippen LogP contribution in [0.25, 0.3) is 0 Å². The second kappa shape index (κ2) is 7.72. The summed E-state index contributed by atoms with van der Waals surface area (Å²) >= 11 is 1.56. The average Bonchev–Trinajstić information content (AvgIpc) is 3.21. The van der Waals surface area contributed by atoms with E-state index in [0.29, 0.717) is 11.3 Å². The fraction of sp³-hybridized carbons (Fsp3) is 0.316. The highest BCUT2D eigenvalue weighted by Gasteiger charge is 2.23. The van der Waals surface area contributed by atoms with Gasteiger partial charge in [-0.05, 0) is 67.6 Å². The lowest BCUT2D eigenvalue weighted by Gasteiger charge is -2.20. The standard InChI is InChI=1S/C19H22N2O3S2/c1-20(26(23,24)18-11-9-17(25-2)10-12-18)16-7-5-15(6-8-16)19(22)21-13-3-4-14-21/h5-12H,3-4,13-14H2,1-2H3. The largest absolute Gasteiger partial charge is 0.339 e. The summed E-state index contributed by atoms with van der Waals surface area (Å²) in [5, 5.41) is 0. The summed E-state index contributed by atoms with van der Waals surface area (Å²) < 4.78 is 26.8. The first-order chi connectivity index (χ1) is 12.4. The Morgan fingerprint density at radius 3 is 2.12 bits per heavy atom. The average molecular weight is 391 g/mol. The van der Waals surface area contributed by atoms with Gasteiger partial charge in [0.2, 0.25) is 0 Å². The van der Waals surface area contributed by atoms with E-state index in [9.17, 15) is 13.2 Å². The molecular weight excluding hydrogens is 368 g/mol. The van der Waals surface area contributed by atoms with Crippen molar-refractivity contribution in [2.45, 2.75) is 22.6 Å². The highest BCUT2D eigenvalue weighted by molar-refractivity contribution is 7.98. The van der Waals surface area contributed by atoms with Crippen LogP contribution >= 0.6 is 11.8 Å². The molecule has 0 spiro atoms. The second-order valence-corrected chi connectivity index (χ2v) is 9.04. The topological polar surface area (TPSA) is 57.7 Å². The van der Waals surface area contributed by atoms with Crippen molar-refractivity contribution in [2.75, 3.05) is 30.7 Å². The van der Waals surface area contributed by atoms with Crippen LogP contribution in [0, 0.1) is 0 Å². The molecule has 1 saturated heterocycles. The van der Waals surface area contributed by atoms with Crippen LogP contribution in [0.15, 0.2) is 58.3 Å². The third-order valence-electron chi connectivity index (χ3n) is 4.59. The van der Waals surface area contributed by atoms with Crippen LogP contribution in [0.4, 0.5) is 5.69 Å². The quantitative estimate of drug-likeness (QED) is 0.734. The summed E-state index contributed by atoms with van der Waals surface area (Å²) in [5.74, 6) is 0.00668. The summed E-state index contributed by atoms with van der Waals surface area (Å²) in [6.07, 6.45) is 4.03. The van der Waals surface area contributed by atoms with E-state index in [1.807, 2.05) is 11.2 Å². The minimum absolute atomic E-state index is 0.00668. The molecule has 0 unspecified atom stereocenters. The Morgan fingerprint density at radius 2 is 1.58 bits per heavy atom. The van der Waals surface area contributed by atoms with Gasteiger partial charge in [0.25, 0.3) is 15.9 Å². The van der Waals surface area contributed by atoms with Crippen molar-refractivity contribution >= 4 is 33.4 Å². The molecule has 1 aliphatic heterocycles. The molecule has 5 nitrogen and oxygen atoms in total. The van der Waals surface area contributed by atoms with Crippen molar-refractivity contribution in [3.05, 3.63) is 54.1 Å². The zero-order chi connectivity index (χ0) is 18.7. The van der Waals surface area contributed by atoms with E-state index in [0.717, 1.165) is 30.8 Å². The molecule has 2 aromatic carbocycles. The van der Waals surface area contributed by atoms with Crippen LogP contribution in [-0.4, -0.2) is 45.6 Å². The molecule has 0 saturated carbocycles. The zero-order valence-electron chi connectivity index (χ0n) is 14.9. The normalized spacial score (nSPS) is 14.5. The van der Waals surface area contributed by atoms with Crippen molar-refractivity contribution in [2.24, 2.45) is 0 Å². The molecule has 2 aromatic rings. The van der Waals surface area contributed by atoms with Crippen LogP contribution in [-0.2, 0) is 10.0 Å². The minimum Gasteiger partial charge on any atom is -0.339 e. The summed E-state index contributed by atoms with van der Waals surface area (Å²) in [4.78, 5) is 15.5. The van der Waals surface area contributed by atoms with Crippen molar-refractivity contribution in [3.8, 4) is 0 Å². The first-order valence-electron chi connectivity index (χ1n) is 8.46. The number of thioether (sulfide) groups is 1. The Morgan fingerprint density at radius 1 is 1.00 bits per heavy atom. The highest BCUT2D eigenvalue weighted by atomic mass is 32.2. The van der Waals surface area contributed by atoms with E-state index in [2.05, 4.69) is 0 Å². The molecule has 0 radical (unpaired) electrons. The molecule has 1 heterocycles. The summed E-state index contributed by atoms with van der Waals surface area (Å²) in [7, 11) is -2.11. The molecular formula is C19H22N2O3S2. The maximum absolute atomic E-state index is 12.8. The predicted octanol–water partition coefficient (Wildman–Crippen LogP) is 3.47. The number of hydrogen-bond donors (Lipinski definition) is 0. The van der Waals surface area contributed by atoms with E-state index in [1.165, 1.54) is 11.4 Å². The van der Waals surface area contributed by atoms with Gasteiger partial charge < -0.3 is 4.90 Å². The number of amides is 1. The number of carbonyl (C=O) groups is 1. The van der Waals surface area contributed by atoms with Crippen LogP contribution in [0.3, 0.4) is 0 Å². The van der Waals surface area contributed by atoms with E-state index in [-0.39, 0.29) is 10.8 Å². The Bertz CT molecular complexity index is 872. The van der Waals surface area contributed by atoms with E-state index >= 15 is 0 Å². The van der Waals surface area contributed by atoms with E-state index < -0.39 is 10.0 Å². The fourth-order valence-electron chi connectivity index (χ4n) is 2.96. The van der Waals surface area contributed by atoms with Crippen molar-refractivity contribution in [3.63, 3.8) is 0 Å². The monoisotopic (exact) mass is 390 g/mol. The number of benzene rings is 2. The molecule has 1 fully saturated rings. The van der Waals surface area contributed by atoms with Gasteiger partial charge in [-0.1, -0.05) is 0 Å². The van der Waals surface area contributed by atoms with Crippen molar-refractivity contribution < 1.29 is 13.2 Å². The molecule has 0 aromatic heterocycles. The van der Waals surface area contributed by atoms with Gasteiger partial charge in [0, 0.05) is 30.6 Å². The molecule has 3 rings (SSSR count). The highest BCUT2D eigenvalue weighted by Crippen LogP contribution is 2.25. The first kappa shape index (κ1) is 18.8. The third kappa shape index (κ3) is 3.73. The van der Waals surface area contributed by atoms with Gasteiger partial charge in [-0.25, -0.2) is 8.42 Å². The number of nitrogens with zero attached hydrogens (tertiary/aromatic N) is 2. The smallest absolute Gasteiger partial charge is 0.264 e. The Hall–Kier alpha value is -1.99. The second-order valence-electron chi connectivity index (χ2n) is 6.19. The van der Waals surface area contributed by atoms with Gasteiger partial charge in [-0.15, -0.1) is 11.8 Å². The molecule has 138 valence electrons. The first-order valence-corrected chi connectivity index (χ1v) is 11.1. The number of anilines is 1. The SMILES string of the molecule is CSc1ccc(S(=O)(=O)N(C)c2ccc(C(=O)N3CCCC3)cc2)cc1. The Kier molecular flexibility index (Phi) is 5.58. The maximum atomic E-state index is 12.8. The van der Waals surface area contributed by atoms with Crippen LogP contribution < -0.4 is 4.31 Å². The van der Waals surface area contributed by atoms with Gasteiger partial charge in [-0.2, -0.15) is 0 Å². The van der Waals surface area contributed by atoms with Gasteiger partial charge >= 0.3 is 0 Å². The molecule has 1 amide bonds. The van der Waals surface area contributed by atoms with E-state index in [4.69, 9.17) is 0 Å². The summed E-state index contributed by atoms with van der Waals surface area (Å²) in [6.45, 7) is 1.59. The van der Waals surface area contributed by atoms with Crippen molar-refractivity contribution in [1.82, 2.24) is 4.90 Å². The maximum Gasteiger partial charge on any atom is 0.264 e. The fourth-order valence-corrected chi connectivity index (χ4v) is 4.57. The predicted molar refractivity (Wildman–Crippen MR) is 105 cm³/mol. The Balaban J connectivity index is 1.80. The van der Waals surface area contributed by atoms with Crippen molar-refractivity contribution in [1.29, 1.82) is 0 Å². The van der Waals surface area contributed by atoms with Crippen LogP contribution in [0.1, 0.15) is 23.2 Å². The number of rotatable bonds is 5. The number of likely N-dealkylation sites (tertiary alicyclic amines) is 1. The summed E-state index contributed by atoms with van der Waals surface area (Å²) in [6, 6.07) is 13.6. The molecule has 7 heteroatoms. The van der Waals surface area contributed by atoms with Gasteiger partial charge in [-0.3, -0.25) is 9.10 Å². The third-order valence-corrected chi connectivity index (χ3v) is 7.13. The minimum atomic E-state index is -3.64. The molecule has 0 aliphatic carbocycles. The Labute approximate surface area is 159 Å². The van der Waals surface area contributed by atoms with Gasteiger partial charge in [0.05, 0.1) is 10.6 Å². The molecule has 26 heavy (non-hydrogen) atoms. The van der Waals surface area contributed by atoms with E-state index in [1.54, 1.807) is 60.3 Å². The lowest BCUT2D eigenvalue weighted by atomic mass is 10.2. The molecule has 0 N–H and O–H groups in total. The molecule has 0 bridgehead atoms. The molecule has 0 atom stereocenters. The van der Waals surface area contributed by atoms with Crippen LogP contribution in [0.2, 0.25) is 0 Å². The number of hydrogen-bond acceptors (Lipinski definition) is 4. The van der Waals surface area contributed by atoms with Gasteiger partial charge in [0.15, 0.2) is 0 Å². The van der Waals surface area contributed by atoms with Crippen LogP contribution in [0.5, 0.6) is 0 Å². The van der Waals surface area contributed by atoms with Gasteiger partial charge in [0.1, 0.15) is 0 Å². The number of sulfonamides is 1. The number of carbonyl (C=O) groups excluding carboxylic acids is 1. The lowest BCUT2D eigenvalue weighted by Crippen LogP contribution is -2.28.